The van der Waals surface area contributed by atoms with Crippen LogP contribution < -0.4 is 10.6 Å². The number of nitrogens with two attached hydrogens (primary N) is 1. The van der Waals surface area contributed by atoms with Crippen LogP contribution in [0.5, 0.6) is 0 Å². The number of benzene rings is 1. The SMILES string of the molecule is NC(=O)[C@@H]1Cc2ccccc2CN1c1ncccn1. The summed E-state index contributed by atoms with van der Waals surface area (Å²) in [7, 11) is 0. The molecule has 0 spiro atoms. The minimum absolute atomic E-state index is 0.345. The lowest BCUT2D eigenvalue weighted by atomic mass is 9.94. The molecule has 0 radical (unpaired) electrons. The number of fused-ring (bicyclic) bond motifs is 1. The van der Waals surface area contributed by atoms with Gasteiger partial charge in [-0.15, -0.1) is 0 Å². The lowest BCUT2D eigenvalue weighted by Crippen LogP contribution is -2.49. The van der Waals surface area contributed by atoms with Crippen LogP contribution in [0.25, 0.3) is 0 Å². The zero-order valence-corrected chi connectivity index (χ0v) is 10.4. The van der Waals surface area contributed by atoms with Gasteiger partial charge in [0.15, 0.2) is 0 Å². The lowest BCUT2D eigenvalue weighted by molar-refractivity contribution is -0.119. The van der Waals surface area contributed by atoms with Gasteiger partial charge in [-0.05, 0) is 17.2 Å². The maximum absolute atomic E-state index is 11.7. The van der Waals surface area contributed by atoms with Crippen molar-refractivity contribution in [1.29, 1.82) is 0 Å². The van der Waals surface area contributed by atoms with Gasteiger partial charge in [0, 0.05) is 25.4 Å². The maximum atomic E-state index is 11.7. The van der Waals surface area contributed by atoms with Gasteiger partial charge in [0.1, 0.15) is 6.04 Å². The molecule has 1 aliphatic rings. The largest absolute Gasteiger partial charge is 0.368 e. The highest BCUT2D eigenvalue weighted by Crippen LogP contribution is 2.25. The fourth-order valence-electron chi connectivity index (χ4n) is 2.43. The molecular formula is C14H14N4O. The number of hydrogen-bond acceptors (Lipinski definition) is 4. The number of carbonyl (C=O) groups excluding carboxylic acids is 1. The van der Waals surface area contributed by atoms with Crippen molar-refractivity contribution in [3.63, 3.8) is 0 Å². The van der Waals surface area contributed by atoms with E-state index in [4.69, 9.17) is 5.73 Å². The molecule has 0 fully saturated rings. The third-order valence-corrected chi connectivity index (χ3v) is 3.39. The number of anilines is 1. The minimum atomic E-state index is -0.391. The van der Waals surface area contributed by atoms with Crippen LogP contribution in [0.2, 0.25) is 0 Å². The summed E-state index contributed by atoms with van der Waals surface area (Å²) in [5.74, 6) is 0.197. The highest BCUT2D eigenvalue weighted by Gasteiger charge is 2.31. The number of aromatic nitrogens is 2. The van der Waals surface area contributed by atoms with Gasteiger partial charge >= 0.3 is 0 Å². The quantitative estimate of drug-likeness (QED) is 0.864. The Bertz CT molecular complexity index is 599. The van der Waals surface area contributed by atoms with Crippen LogP contribution in [0.15, 0.2) is 42.7 Å². The normalized spacial score (nSPS) is 17.9. The van der Waals surface area contributed by atoms with E-state index in [1.165, 1.54) is 11.1 Å². The first kappa shape index (κ1) is 11.6. The number of nitrogens with zero attached hydrogens (tertiary/aromatic N) is 3. The summed E-state index contributed by atoms with van der Waals surface area (Å²) in [5, 5.41) is 0. The van der Waals surface area contributed by atoms with Gasteiger partial charge in [-0.3, -0.25) is 4.79 Å². The fraction of sp³-hybridized carbons (Fsp3) is 0.214. The first-order chi connectivity index (χ1) is 9.25. The van der Waals surface area contributed by atoms with Crippen molar-refractivity contribution in [3.8, 4) is 0 Å². The summed E-state index contributed by atoms with van der Waals surface area (Å²) in [6.07, 6.45) is 3.94. The molecule has 2 N–H and O–H groups in total. The highest BCUT2D eigenvalue weighted by molar-refractivity contribution is 5.84. The molecule has 1 aromatic carbocycles. The molecular weight excluding hydrogens is 240 g/mol. The second-order valence-electron chi connectivity index (χ2n) is 4.57. The first-order valence-corrected chi connectivity index (χ1v) is 6.15. The van der Waals surface area contributed by atoms with Gasteiger partial charge in [-0.1, -0.05) is 24.3 Å². The van der Waals surface area contributed by atoms with Crippen LogP contribution in [-0.2, 0) is 17.8 Å². The maximum Gasteiger partial charge on any atom is 0.240 e. The third kappa shape index (κ3) is 2.14. The average molecular weight is 254 g/mol. The molecule has 96 valence electrons. The summed E-state index contributed by atoms with van der Waals surface area (Å²) >= 11 is 0. The molecule has 0 bridgehead atoms. The van der Waals surface area contributed by atoms with E-state index in [2.05, 4.69) is 16.0 Å². The molecule has 2 heterocycles. The Hall–Kier alpha value is -2.43. The van der Waals surface area contributed by atoms with Crippen molar-refractivity contribution in [2.24, 2.45) is 5.73 Å². The second kappa shape index (κ2) is 4.68. The van der Waals surface area contributed by atoms with Crippen molar-refractivity contribution >= 4 is 11.9 Å². The van der Waals surface area contributed by atoms with Crippen LogP contribution in [0, 0.1) is 0 Å². The lowest BCUT2D eigenvalue weighted by Gasteiger charge is -2.34. The van der Waals surface area contributed by atoms with E-state index < -0.39 is 6.04 Å². The smallest absolute Gasteiger partial charge is 0.240 e. The molecule has 5 heteroatoms. The van der Waals surface area contributed by atoms with Crippen LogP contribution in [-0.4, -0.2) is 21.9 Å². The number of primary amides is 1. The second-order valence-corrected chi connectivity index (χ2v) is 4.57. The molecule has 1 aliphatic heterocycles. The molecule has 1 aromatic heterocycles. The summed E-state index contributed by atoms with van der Waals surface area (Å²) in [4.78, 5) is 22.0. The van der Waals surface area contributed by atoms with Gasteiger partial charge in [0.05, 0.1) is 0 Å². The Morgan fingerprint density at radius 2 is 1.84 bits per heavy atom. The zero-order chi connectivity index (χ0) is 13.2. The predicted octanol–water partition coefficient (Wildman–Crippen LogP) is 0.893. The Kier molecular flexibility index (Phi) is 2.87. The Morgan fingerprint density at radius 3 is 2.53 bits per heavy atom. The zero-order valence-electron chi connectivity index (χ0n) is 10.4. The van der Waals surface area contributed by atoms with E-state index in [9.17, 15) is 4.79 Å². The van der Waals surface area contributed by atoms with E-state index >= 15 is 0 Å². The molecule has 5 nitrogen and oxygen atoms in total. The summed E-state index contributed by atoms with van der Waals surface area (Å²) < 4.78 is 0. The van der Waals surface area contributed by atoms with Crippen molar-refractivity contribution in [1.82, 2.24) is 9.97 Å². The molecule has 1 amide bonds. The topological polar surface area (TPSA) is 72.1 Å². The number of amides is 1. The molecule has 2 aromatic rings. The Morgan fingerprint density at radius 1 is 1.16 bits per heavy atom. The third-order valence-electron chi connectivity index (χ3n) is 3.39. The Balaban J connectivity index is 2.01. The fourth-order valence-corrected chi connectivity index (χ4v) is 2.43. The van der Waals surface area contributed by atoms with Gasteiger partial charge in [-0.2, -0.15) is 0 Å². The molecule has 0 aliphatic carbocycles. The number of hydrogen-bond donors (Lipinski definition) is 1. The van der Waals surface area contributed by atoms with Crippen LogP contribution in [0.3, 0.4) is 0 Å². The number of carbonyl (C=O) groups is 1. The monoisotopic (exact) mass is 254 g/mol. The van der Waals surface area contributed by atoms with E-state index in [0.29, 0.717) is 18.9 Å². The molecule has 3 rings (SSSR count). The van der Waals surface area contributed by atoms with Crippen molar-refractivity contribution in [2.75, 3.05) is 4.90 Å². The average Bonchev–Trinajstić information content (AvgIpc) is 2.46. The van der Waals surface area contributed by atoms with Gasteiger partial charge in [-0.25, -0.2) is 9.97 Å². The molecule has 1 atom stereocenters. The van der Waals surface area contributed by atoms with Crippen LogP contribution in [0.4, 0.5) is 5.95 Å². The molecule has 0 saturated heterocycles. The molecule has 0 unspecified atom stereocenters. The molecule has 0 saturated carbocycles. The summed E-state index contributed by atoms with van der Waals surface area (Å²) in [5.41, 5.74) is 7.87. The van der Waals surface area contributed by atoms with Gasteiger partial charge < -0.3 is 10.6 Å². The van der Waals surface area contributed by atoms with E-state index in [1.54, 1.807) is 18.5 Å². The standard InChI is InChI=1S/C14H14N4O/c15-13(19)12-8-10-4-1-2-5-11(10)9-18(12)14-16-6-3-7-17-14/h1-7,12H,8-9H2,(H2,15,19)/t12-/m0/s1. The minimum Gasteiger partial charge on any atom is -0.368 e. The van der Waals surface area contributed by atoms with E-state index in [1.807, 2.05) is 23.1 Å². The van der Waals surface area contributed by atoms with Crippen LogP contribution >= 0.6 is 0 Å². The Labute approximate surface area is 111 Å². The first-order valence-electron chi connectivity index (χ1n) is 6.15. The van der Waals surface area contributed by atoms with Crippen molar-refractivity contribution in [2.45, 2.75) is 19.0 Å². The number of rotatable bonds is 2. The van der Waals surface area contributed by atoms with E-state index in [0.717, 1.165) is 0 Å². The summed E-state index contributed by atoms with van der Waals surface area (Å²) in [6, 6.07) is 9.42. The van der Waals surface area contributed by atoms with Crippen molar-refractivity contribution < 1.29 is 4.79 Å². The molecule has 19 heavy (non-hydrogen) atoms. The predicted molar refractivity (Wildman–Crippen MR) is 71.3 cm³/mol. The van der Waals surface area contributed by atoms with Crippen molar-refractivity contribution in [3.05, 3.63) is 53.9 Å². The van der Waals surface area contributed by atoms with Gasteiger partial charge in [0.25, 0.3) is 0 Å². The van der Waals surface area contributed by atoms with Gasteiger partial charge in [0.2, 0.25) is 11.9 Å². The highest BCUT2D eigenvalue weighted by atomic mass is 16.1. The van der Waals surface area contributed by atoms with Crippen LogP contribution in [0.1, 0.15) is 11.1 Å². The summed E-state index contributed by atoms with van der Waals surface area (Å²) in [6.45, 7) is 0.605. The van der Waals surface area contributed by atoms with E-state index in [-0.39, 0.29) is 5.91 Å².